The summed E-state index contributed by atoms with van der Waals surface area (Å²) in [7, 11) is 1.58. The largest absolute Gasteiger partial charge is 0.383 e. The molecule has 1 heterocycles. The van der Waals surface area contributed by atoms with Gasteiger partial charge in [0, 0.05) is 25.8 Å². The Morgan fingerprint density at radius 1 is 1.63 bits per heavy atom. The molecule has 0 fully saturated rings. The lowest BCUT2D eigenvalue weighted by Gasteiger charge is -2.08. The van der Waals surface area contributed by atoms with Crippen LogP contribution in [0.5, 0.6) is 0 Å². The van der Waals surface area contributed by atoms with Crippen LogP contribution >= 0.6 is 11.6 Å². The molecule has 7 nitrogen and oxygen atoms in total. The van der Waals surface area contributed by atoms with Gasteiger partial charge < -0.3 is 15.0 Å². The van der Waals surface area contributed by atoms with E-state index in [1.54, 1.807) is 13.2 Å². The Balaban J connectivity index is 2.11. The number of anilines is 1. The number of alkyl halides is 1. The molecule has 0 radical (unpaired) electrons. The maximum absolute atomic E-state index is 10.7. The average Bonchev–Trinajstić information content (AvgIpc) is 2.78. The molecule has 0 amide bonds. The Hall–Kier alpha value is -1.86. The zero-order chi connectivity index (χ0) is 13.8. The van der Waals surface area contributed by atoms with Crippen molar-refractivity contribution in [2.75, 3.05) is 25.6 Å². The molecule has 102 valence electrons. The zero-order valence-electron chi connectivity index (χ0n) is 10.2. The number of ether oxygens (including phenoxy) is 1. The first-order valence-corrected chi connectivity index (χ1v) is 6.05. The van der Waals surface area contributed by atoms with Gasteiger partial charge in [-0.3, -0.25) is 10.1 Å². The molecule has 1 aromatic carbocycles. The topological polar surface area (TPSA) is 93.1 Å². The predicted octanol–water partition coefficient (Wildman–Crippen LogP) is 2.14. The van der Waals surface area contributed by atoms with E-state index in [4.69, 9.17) is 16.3 Å². The van der Waals surface area contributed by atoms with Gasteiger partial charge in [0.1, 0.15) is 0 Å². The van der Waals surface area contributed by atoms with Gasteiger partial charge in [-0.2, -0.15) is 0 Å². The number of methoxy groups -OCH3 is 1. The second kappa shape index (κ2) is 5.85. The smallest absolute Gasteiger partial charge is 0.271 e. The summed E-state index contributed by atoms with van der Waals surface area (Å²) in [6.07, 6.45) is 0. The highest BCUT2D eigenvalue weighted by molar-refractivity contribution is 6.21. The van der Waals surface area contributed by atoms with Crippen molar-refractivity contribution < 1.29 is 9.66 Å². The second-order valence-electron chi connectivity index (χ2n) is 3.98. The van der Waals surface area contributed by atoms with Crippen LogP contribution in [0.2, 0.25) is 0 Å². The second-order valence-corrected chi connectivity index (χ2v) is 4.59. The maximum atomic E-state index is 10.7. The molecule has 8 heteroatoms. The van der Waals surface area contributed by atoms with E-state index in [-0.39, 0.29) is 11.1 Å². The van der Waals surface area contributed by atoms with Gasteiger partial charge in [0.15, 0.2) is 0 Å². The number of nitro benzene ring substituents is 1. The molecule has 2 aromatic rings. The van der Waals surface area contributed by atoms with Crippen molar-refractivity contribution in [3.8, 4) is 0 Å². The predicted molar refractivity (Wildman–Crippen MR) is 72.8 cm³/mol. The Morgan fingerprint density at radius 2 is 2.42 bits per heavy atom. The molecular formula is C11H13ClN4O3. The van der Waals surface area contributed by atoms with Crippen LogP contribution in [0, 0.1) is 10.1 Å². The van der Waals surface area contributed by atoms with Crippen molar-refractivity contribution in [3.63, 3.8) is 0 Å². The number of H-pyrrole nitrogens is 1. The number of nitro groups is 1. The minimum atomic E-state index is -0.444. The molecule has 1 unspecified atom stereocenters. The standard InChI is InChI=1S/C11H13ClN4O3/c1-19-6-7(12)5-13-11-14-9-3-2-8(16(17)18)4-10(9)15-11/h2-4,7H,5-6H2,1H3,(H2,13,14,15). The SMILES string of the molecule is COCC(Cl)CNc1nc2ccc([N+](=O)[O-])cc2[nH]1. The number of hydrogen-bond donors (Lipinski definition) is 2. The third-order valence-electron chi connectivity index (χ3n) is 2.51. The number of rotatable bonds is 6. The Morgan fingerprint density at radius 3 is 3.11 bits per heavy atom. The van der Waals surface area contributed by atoms with Crippen LogP contribution < -0.4 is 5.32 Å². The van der Waals surface area contributed by atoms with Crippen molar-refractivity contribution in [3.05, 3.63) is 28.3 Å². The van der Waals surface area contributed by atoms with Crippen LogP contribution in [0.3, 0.4) is 0 Å². The monoisotopic (exact) mass is 284 g/mol. The lowest BCUT2D eigenvalue weighted by Crippen LogP contribution is -2.19. The fraction of sp³-hybridized carbons (Fsp3) is 0.364. The Bertz CT molecular complexity index is 586. The highest BCUT2D eigenvalue weighted by Gasteiger charge is 2.10. The van der Waals surface area contributed by atoms with E-state index >= 15 is 0 Å². The van der Waals surface area contributed by atoms with E-state index in [0.29, 0.717) is 30.1 Å². The van der Waals surface area contributed by atoms with E-state index < -0.39 is 4.92 Å². The summed E-state index contributed by atoms with van der Waals surface area (Å²) in [5.74, 6) is 0.525. The molecule has 0 saturated heterocycles. The van der Waals surface area contributed by atoms with Gasteiger partial charge in [-0.15, -0.1) is 11.6 Å². The van der Waals surface area contributed by atoms with E-state index in [1.165, 1.54) is 12.1 Å². The van der Waals surface area contributed by atoms with Crippen LogP contribution in [0.25, 0.3) is 11.0 Å². The summed E-state index contributed by atoms with van der Waals surface area (Å²) in [6, 6.07) is 4.46. The average molecular weight is 285 g/mol. The number of aromatic amines is 1. The minimum absolute atomic E-state index is 0.0253. The van der Waals surface area contributed by atoms with Crippen LogP contribution in [-0.2, 0) is 4.74 Å². The van der Waals surface area contributed by atoms with Gasteiger partial charge in [-0.05, 0) is 6.07 Å². The van der Waals surface area contributed by atoms with Crippen LogP contribution in [0.4, 0.5) is 11.6 Å². The lowest BCUT2D eigenvalue weighted by molar-refractivity contribution is -0.384. The number of aromatic nitrogens is 2. The molecule has 0 aliphatic rings. The van der Waals surface area contributed by atoms with Crippen molar-refractivity contribution in [2.24, 2.45) is 0 Å². The highest BCUT2D eigenvalue weighted by atomic mass is 35.5. The fourth-order valence-corrected chi connectivity index (χ4v) is 1.85. The summed E-state index contributed by atoms with van der Waals surface area (Å²) < 4.78 is 4.92. The Kier molecular flexibility index (Phi) is 4.18. The third kappa shape index (κ3) is 3.33. The zero-order valence-corrected chi connectivity index (χ0v) is 11.0. The van der Waals surface area contributed by atoms with Gasteiger partial charge in [-0.1, -0.05) is 0 Å². The number of fused-ring (bicyclic) bond motifs is 1. The van der Waals surface area contributed by atoms with Gasteiger partial charge in [0.25, 0.3) is 5.69 Å². The number of halogens is 1. The molecule has 2 rings (SSSR count). The molecular weight excluding hydrogens is 272 g/mol. The van der Waals surface area contributed by atoms with Gasteiger partial charge >= 0.3 is 0 Å². The Labute approximate surface area is 114 Å². The fourth-order valence-electron chi connectivity index (χ4n) is 1.64. The molecule has 1 atom stereocenters. The lowest BCUT2D eigenvalue weighted by atomic mass is 10.3. The quantitative estimate of drug-likeness (QED) is 0.481. The highest BCUT2D eigenvalue weighted by Crippen LogP contribution is 2.20. The van der Waals surface area contributed by atoms with Crippen molar-refractivity contribution in [1.29, 1.82) is 0 Å². The number of nitrogens with one attached hydrogen (secondary N) is 2. The molecule has 0 aliphatic heterocycles. The molecule has 0 bridgehead atoms. The normalized spacial score (nSPS) is 12.5. The number of hydrogen-bond acceptors (Lipinski definition) is 5. The summed E-state index contributed by atoms with van der Waals surface area (Å²) >= 11 is 5.98. The van der Waals surface area contributed by atoms with Gasteiger partial charge in [0.2, 0.25) is 5.95 Å². The molecule has 0 saturated carbocycles. The van der Waals surface area contributed by atoms with Crippen LogP contribution in [0.15, 0.2) is 18.2 Å². The van der Waals surface area contributed by atoms with Crippen molar-refractivity contribution in [1.82, 2.24) is 9.97 Å². The number of imidazole rings is 1. The first kappa shape index (κ1) is 13.6. The van der Waals surface area contributed by atoms with E-state index in [1.807, 2.05) is 0 Å². The van der Waals surface area contributed by atoms with Gasteiger partial charge in [-0.25, -0.2) is 4.98 Å². The van der Waals surface area contributed by atoms with Crippen molar-refractivity contribution in [2.45, 2.75) is 5.38 Å². The molecule has 2 N–H and O–H groups in total. The summed E-state index contributed by atoms with van der Waals surface area (Å²) in [4.78, 5) is 17.4. The summed E-state index contributed by atoms with van der Waals surface area (Å²) in [5.41, 5.74) is 1.29. The first-order valence-electron chi connectivity index (χ1n) is 5.61. The third-order valence-corrected chi connectivity index (χ3v) is 2.80. The maximum Gasteiger partial charge on any atom is 0.271 e. The van der Waals surface area contributed by atoms with Crippen LogP contribution in [0.1, 0.15) is 0 Å². The molecule has 1 aromatic heterocycles. The number of non-ortho nitro benzene ring substituents is 1. The van der Waals surface area contributed by atoms with E-state index in [9.17, 15) is 10.1 Å². The summed E-state index contributed by atoms with van der Waals surface area (Å²) in [6.45, 7) is 0.914. The minimum Gasteiger partial charge on any atom is -0.383 e. The number of benzene rings is 1. The molecule has 0 aliphatic carbocycles. The summed E-state index contributed by atoms with van der Waals surface area (Å²) in [5, 5.41) is 13.5. The van der Waals surface area contributed by atoms with E-state index in [0.717, 1.165) is 0 Å². The number of nitrogens with zero attached hydrogens (tertiary/aromatic N) is 2. The first-order chi connectivity index (χ1) is 9.10. The van der Waals surface area contributed by atoms with Crippen LogP contribution in [-0.4, -0.2) is 40.5 Å². The van der Waals surface area contributed by atoms with Crippen molar-refractivity contribution >= 4 is 34.3 Å². The molecule has 0 spiro atoms. The molecule has 19 heavy (non-hydrogen) atoms. The van der Waals surface area contributed by atoms with E-state index in [2.05, 4.69) is 15.3 Å². The van der Waals surface area contributed by atoms with Gasteiger partial charge in [0.05, 0.1) is 27.9 Å².